The molecule has 8 nitrogen and oxygen atoms in total. The summed E-state index contributed by atoms with van der Waals surface area (Å²) in [6, 6.07) is 13.9. The Kier molecular flexibility index (Phi) is 9.09. The Labute approximate surface area is 212 Å². The van der Waals surface area contributed by atoms with Crippen LogP contribution in [0.15, 0.2) is 48.5 Å². The van der Waals surface area contributed by atoms with Gasteiger partial charge < -0.3 is 25.2 Å². The average Bonchev–Trinajstić information content (AvgIpc) is 3.13. The van der Waals surface area contributed by atoms with Crippen LogP contribution in [0.3, 0.4) is 0 Å². The highest BCUT2D eigenvalue weighted by Gasteiger charge is 2.33. The Hall–Kier alpha value is -3.39. The van der Waals surface area contributed by atoms with Crippen molar-refractivity contribution < 1.29 is 29.0 Å². The molecule has 3 N–H and O–H groups in total. The van der Waals surface area contributed by atoms with Crippen LogP contribution in [0.1, 0.15) is 58.1 Å². The maximum absolute atomic E-state index is 13.0. The average molecular weight is 497 g/mol. The van der Waals surface area contributed by atoms with Crippen LogP contribution in [-0.2, 0) is 19.1 Å². The lowest BCUT2D eigenvalue weighted by Gasteiger charge is -2.26. The molecular weight excluding hydrogens is 460 g/mol. The Morgan fingerprint density at radius 2 is 1.44 bits per heavy atom. The molecule has 1 aliphatic carbocycles. The van der Waals surface area contributed by atoms with Crippen LogP contribution in [-0.4, -0.2) is 54.0 Å². The number of carboxylic acids is 1. The van der Waals surface area contributed by atoms with E-state index in [0.29, 0.717) is 6.42 Å². The molecule has 194 valence electrons. The van der Waals surface area contributed by atoms with E-state index in [1.165, 1.54) is 0 Å². The van der Waals surface area contributed by atoms with Crippen molar-refractivity contribution >= 4 is 18.0 Å². The predicted molar refractivity (Wildman–Crippen MR) is 137 cm³/mol. The quantitative estimate of drug-likeness (QED) is 0.427. The summed E-state index contributed by atoms with van der Waals surface area (Å²) in [7, 11) is 0. The van der Waals surface area contributed by atoms with E-state index in [2.05, 4.69) is 22.8 Å². The fourth-order valence-corrected chi connectivity index (χ4v) is 4.63. The van der Waals surface area contributed by atoms with Crippen molar-refractivity contribution in [1.82, 2.24) is 10.6 Å². The van der Waals surface area contributed by atoms with Crippen LogP contribution in [0.2, 0.25) is 0 Å². The lowest BCUT2D eigenvalue weighted by atomic mass is 9.98. The van der Waals surface area contributed by atoms with Gasteiger partial charge in [0.1, 0.15) is 12.6 Å². The number of benzene rings is 2. The minimum Gasteiger partial charge on any atom is -0.480 e. The summed E-state index contributed by atoms with van der Waals surface area (Å²) < 4.78 is 11.1. The van der Waals surface area contributed by atoms with Gasteiger partial charge in [-0.15, -0.1) is 0 Å². The zero-order valence-electron chi connectivity index (χ0n) is 21.5. The molecule has 0 saturated heterocycles. The van der Waals surface area contributed by atoms with Crippen molar-refractivity contribution in [3.05, 3.63) is 59.7 Å². The van der Waals surface area contributed by atoms with Crippen LogP contribution in [0, 0.1) is 5.92 Å². The van der Waals surface area contributed by atoms with Crippen molar-refractivity contribution in [2.75, 3.05) is 6.61 Å². The fourth-order valence-electron chi connectivity index (χ4n) is 4.63. The van der Waals surface area contributed by atoms with Crippen molar-refractivity contribution in [3.63, 3.8) is 0 Å². The Balaban J connectivity index is 1.67. The number of carboxylic acid groups (broad SMARTS) is 1. The molecule has 1 aliphatic rings. The lowest BCUT2D eigenvalue weighted by molar-refractivity contribution is -0.147. The summed E-state index contributed by atoms with van der Waals surface area (Å²) in [5, 5.41) is 14.8. The van der Waals surface area contributed by atoms with Crippen LogP contribution in [0.25, 0.3) is 11.1 Å². The number of rotatable bonds is 11. The highest BCUT2D eigenvalue weighted by atomic mass is 16.5. The van der Waals surface area contributed by atoms with E-state index in [9.17, 15) is 19.5 Å². The molecule has 3 atom stereocenters. The van der Waals surface area contributed by atoms with Gasteiger partial charge in [0.15, 0.2) is 6.04 Å². The molecule has 0 radical (unpaired) electrons. The number of amides is 2. The Morgan fingerprint density at radius 1 is 0.889 bits per heavy atom. The number of carbonyl (C=O) groups excluding carboxylic acids is 2. The summed E-state index contributed by atoms with van der Waals surface area (Å²) in [6.07, 6.45) is -1.36. The van der Waals surface area contributed by atoms with E-state index in [4.69, 9.17) is 9.47 Å². The second-order valence-electron chi connectivity index (χ2n) is 9.87. The highest BCUT2D eigenvalue weighted by Crippen LogP contribution is 2.44. The fraction of sp³-hybridized carbons (Fsp3) is 0.464. The molecule has 2 amide bonds. The van der Waals surface area contributed by atoms with Gasteiger partial charge in [0.25, 0.3) is 0 Å². The molecule has 8 heteroatoms. The minimum atomic E-state index is -1.25. The topological polar surface area (TPSA) is 114 Å². The molecule has 0 spiro atoms. The van der Waals surface area contributed by atoms with Crippen molar-refractivity contribution in [2.45, 2.75) is 71.2 Å². The molecule has 36 heavy (non-hydrogen) atoms. The zero-order valence-corrected chi connectivity index (χ0v) is 21.5. The number of hydrogen-bond donors (Lipinski definition) is 3. The second-order valence-corrected chi connectivity index (χ2v) is 9.87. The van der Waals surface area contributed by atoms with Gasteiger partial charge >= 0.3 is 12.1 Å². The summed E-state index contributed by atoms with van der Waals surface area (Å²) in [5.74, 6) is -1.84. The minimum absolute atomic E-state index is 0.0715. The monoisotopic (exact) mass is 496 g/mol. The molecule has 0 aliphatic heterocycles. The number of carbonyl (C=O) groups is 3. The first-order chi connectivity index (χ1) is 17.1. The SMILES string of the molecule is CC(C)C[C@H](NC(=O)OCC1c2ccccc2-c2ccccc21)C(=O)N[C@H](C(=O)O)[C@@H](C)OC(C)C. The number of fused-ring (bicyclic) bond motifs is 3. The molecule has 0 fully saturated rings. The van der Waals surface area contributed by atoms with Gasteiger partial charge in [-0.3, -0.25) is 4.79 Å². The smallest absolute Gasteiger partial charge is 0.407 e. The number of nitrogens with one attached hydrogen (secondary N) is 2. The van der Waals surface area contributed by atoms with Crippen molar-refractivity contribution in [2.24, 2.45) is 5.92 Å². The number of alkyl carbamates (subject to hydrolysis) is 1. The maximum Gasteiger partial charge on any atom is 0.407 e. The number of ether oxygens (including phenoxy) is 2. The van der Waals surface area contributed by atoms with Crippen molar-refractivity contribution in [3.8, 4) is 11.1 Å². The van der Waals surface area contributed by atoms with Crippen LogP contribution in [0.4, 0.5) is 4.79 Å². The number of hydrogen-bond acceptors (Lipinski definition) is 5. The standard InChI is InChI=1S/C28H36N2O6/c1-16(2)14-24(26(31)30-25(27(32)33)18(5)36-17(3)4)29-28(34)35-15-23-21-12-8-6-10-19(21)20-11-7-9-13-22(20)23/h6-13,16-18,23-25H,14-15H2,1-5H3,(H,29,34)(H,30,31)(H,32,33)/t18-,24+,25+/m1/s1. The van der Waals surface area contributed by atoms with Crippen molar-refractivity contribution in [1.29, 1.82) is 0 Å². The maximum atomic E-state index is 13.0. The first-order valence-corrected chi connectivity index (χ1v) is 12.4. The van der Waals surface area contributed by atoms with E-state index >= 15 is 0 Å². The molecule has 0 unspecified atom stereocenters. The van der Waals surface area contributed by atoms with Gasteiger partial charge in [-0.2, -0.15) is 0 Å². The molecule has 2 aromatic rings. The molecule has 0 heterocycles. The Morgan fingerprint density at radius 3 is 1.94 bits per heavy atom. The largest absolute Gasteiger partial charge is 0.480 e. The second kappa shape index (κ2) is 12.0. The number of aliphatic carboxylic acids is 1. The van der Waals surface area contributed by atoms with E-state index < -0.39 is 36.2 Å². The van der Waals surface area contributed by atoms with Crippen LogP contribution in [0.5, 0.6) is 0 Å². The Bertz CT molecular complexity index is 1040. The van der Waals surface area contributed by atoms with E-state index in [0.717, 1.165) is 22.3 Å². The first kappa shape index (κ1) is 27.2. The van der Waals surface area contributed by atoms with Crippen LogP contribution < -0.4 is 10.6 Å². The molecule has 2 aromatic carbocycles. The van der Waals surface area contributed by atoms with Gasteiger partial charge in [-0.05, 0) is 55.4 Å². The summed E-state index contributed by atoms with van der Waals surface area (Å²) in [4.78, 5) is 37.5. The molecule has 0 saturated carbocycles. The summed E-state index contributed by atoms with van der Waals surface area (Å²) >= 11 is 0. The first-order valence-electron chi connectivity index (χ1n) is 12.4. The zero-order chi connectivity index (χ0) is 26.4. The third-order valence-electron chi connectivity index (χ3n) is 6.18. The molecular formula is C28H36N2O6. The van der Waals surface area contributed by atoms with Gasteiger partial charge in [0, 0.05) is 5.92 Å². The molecule has 0 aromatic heterocycles. The van der Waals surface area contributed by atoms with Gasteiger partial charge in [-0.25, -0.2) is 9.59 Å². The third kappa shape index (κ3) is 6.63. The summed E-state index contributed by atoms with van der Waals surface area (Å²) in [5.41, 5.74) is 4.42. The van der Waals surface area contributed by atoms with E-state index in [1.807, 2.05) is 50.2 Å². The van der Waals surface area contributed by atoms with Crippen LogP contribution >= 0.6 is 0 Å². The lowest BCUT2D eigenvalue weighted by Crippen LogP contribution is -2.55. The van der Waals surface area contributed by atoms with Gasteiger partial charge in [0.2, 0.25) is 5.91 Å². The van der Waals surface area contributed by atoms with Gasteiger partial charge in [0.05, 0.1) is 12.2 Å². The normalized spacial score (nSPS) is 15.1. The molecule has 0 bridgehead atoms. The van der Waals surface area contributed by atoms with Gasteiger partial charge in [-0.1, -0.05) is 62.4 Å². The third-order valence-corrected chi connectivity index (χ3v) is 6.18. The van der Waals surface area contributed by atoms with E-state index in [-0.39, 0.29) is 24.5 Å². The summed E-state index contributed by atoms with van der Waals surface area (Å²) in [6.45, 7) is 9.12. The highest BCUT2D eigenvalue weighted by molar-refractivity contribution is 5.89. The molecule has 3 rings (SSSR count). The van der Waals surface area contributed by atoms with E-state index in [1.54, 1.807) is 20.8 Å². The predicted octanol–water partition coefficient (Wildman–Crippen LogP) is 4.32.